The number of amides is 2. The number of benzene rings is 1. The Hall–Kier alpha value is -2.24. The molecular weight excluding hydrogens is 272 g/mol. The highest BCUT2D eigenvalue weighted by atomic mass is 16.5. The zero-order chi connectivity index (χ0) is 16.0. The number of methoxy groups -OCH3 is 1. The molecule has 0 bridgehead atoms. The minimum absolute atomic E-state index is 0.200. The summed E-state index contributed by atoms with van der Waals surface area (Å²) in [5, 5.41) is 11.7. The number of ether oxygens (including phenoxy) is 1. The zero-order valence-corrected chi connectivity index (χ0v) is 12.8. The molecule has 0 fully saturated rings. The molecule has 0 unspecified atom stereocenters. The van der Waals surface area contributed by atoms with Gasteiger partial charge in [0.15, 0.2) is 0 Å². The van der Waals surface area contributed by atoms with Gasteiger partial charge in [0.05, 0.1) is 7.11 Å². The van der Waals surface area contributed by atoms with Crippen LogP contribution in [-0.2, 0) is 11.3 Å². The first kappa shape index (κ1) is 16.8. The third-order valence-corrected chi connectivity index (χ3v) is 2.60. The van der Waals surface area contributed by atoms with E-state index in [9.17, 15) is 9.59 Å². The summed E-state index contributed by atoms with van der Waals surface area (Å²) < 4.78 is 5.12. The van der Waals surface area contributed by atoms with Gasteiger partial charge in [-0.2, -0.15) is 0 Å². The fourth-order valence-electron chi connectivity index (χ4n) is 1.75. The lowest BCUT2D eigenvalue weighted by molar-refractivity contribution is -0.137. The minimum Gasteiger partial charge on any atom is -0.497 e. The van der Waals surface area contributed by atoms with Crippen LogP contribution < -0.4 is 10.1 Å². The number of rotatable bonds is 5. The van der Waals surface area contributed by atoms with Crippen molar-refractivity contribution in [3.63, 3.8) is 0 Å². The van der Waals surface area contributed by atoms with Gasteiger partial charge < -0.3 is 20.1 Å². The molecule has 0 atom stereocenters. The van der Waals surface area contributed by atoms with E-state index in [2.05, 4.69) is 5.32 Å². The van der Waals surface area contributed by atoms with Gasteiger partial charge in [0, 0.05) is 12.1 Å². The van der Waals surface area contributed by atoms with Gasteiger partial charge >= 0.3 is 12.0 Å². The molecule has 0 aliphatic rings. The van der Waals surface area contributed by atoms with E-state index in [1.807, 2.05) is 26.8 Å². The third kappa shape index (κ3) is 6.16. The van der Waals surface area contributed by atoms with Crippen LogP contribution in [0.4, 0.5) is 4.79 Å². The number of carboxylic acids is 1. The number of hydrogen-bond acceptors (Lipinski definition) is 3. The summed E-state index contributed by atoms with van der Waals surface area (Å²) >= 11 is 0. The van der Waals surface area contributed by atoms with Gasteiger partial charge in [0.1, 0.15) is 12.3 Å². The van der Waals surface area contributed by atoms with E-state index in [4.69, 9.17) is 9.84 Å². The summed E-state index contributed by atoms with van der Waals surface area (Å²) in [6, 6.07) is 6.78. The number of hydrogen-bond donors (Lipinski definition) is 2. The Labute approximate surface area is 124 Å². The monoisotopic (exact) mass is 294 g/mol. The van der Waals surface area contributed by atoms with Gasteiger partial charge in [-0.25, -0.2) is 4.79 Å². The third-order valence-electron chi connectivity index (χ3n) is 2.60. The van der Waals surface area contributed by atoms with Crippen molar-refractivity contribution in [1.82, 2.24) is 10.2 Å². The molecule has 116 valence electrons. The number of carbonyl (C=O) groups is 2. The van der Waals surface area contributed by atoms with E-state index in [1.165, 1.54) is 4.90 Å². The number of carbonyl (C=O) groups excluding carboxylic acids is 1. The highest BCUT2D eigenvalue weighted by molar-refractivity contribution is 5.80. The predicted molar refractivity (Wildman–Crippen MR) is 79.3 cm³/mol. The molecular formula is C15H22N2O4. The van der Waals surface area contributed by atoms with Crippen LogP contribution in [0.25, 0.3) is 0 Å². The van der Waals surface area contributed by atoms with Crippen molar-refractivity contribution in [2.24, 2.45) is 0 Å². The summed E-state index contributed by atoms with van der Waals surface area (Å²) in [6.07, 6.45) is 0. The fraction of sp³-hybridized carbons (Fsp3) is 0.467. The maximum absolute atomic E-state index is 12.2. The second kappa shape index (κ2) is 6.97. The van der Waals surface area contributed by atoms with Gasteiger partial charge in [0.25, 0.3) is 0 Å². The van der Waals surface area contributed by atoms with Crippen molar-refractivity contribution in [3.05, 3.63) is 29.8 Å². The number of nitrogens with zero attached hydrogens (tertiary/aromatic N) is 1. The maximum atomic E-state index is 12.2. The zero-order valence-electron chi connectivity index (χ0n) is 12.8. The van der Waals surface area contributed by atoms with Gasteiger partial charge in [-0.1, -0.05) is 12.1 Å². The first-order valence-corrected chi connectivity index (χ1v) is 6.63. The molecule has 1 rings (SSSR count). The molecule has 0 aromatic heterocycles. The molecule has 1 aromatic carbocycles. The normalized spacial score (nSPS) is 10.9. The number of aliphatic carboxylic acids is 1. The predicted octanol–water partition coefficient (Wildman–Crippen LogP) is 2.09. The van der Waals surface area contributed by atoms with Crippen molar-refractivity contribution < 1.29 is 19.4 Å². The maximum Gasteiger partial charge on any atom is 0.323 e. The Kier molecular flexibility index (Phi) is 5.58. The Morgan fingerprint density at radius 1 is 1.33 bits per heavy atom. The quantitative estimate of drug-likeness (QED) is 0.871. The van der Waals surface area contributed by atoms with Crippen LogP contribution in [0.15, 0.2) is 24.3 Å². The molecule has 2 amide bonds. The first-order chi connectivity index (χ1) is 9.71. The molecule has 0 radical (unpaired) electrons. The van der Waals surface area contributed by atoms with E-state index in [1.54, 1.807) is 25.3 Å². The lowest BCUT2D eigenvalue weighted by Crippen LogP contribution is -2.49. The summed E-state index contributed by atoms with van der Waals surface area (Å²) in [5.41, 5.74) is 0.377. The topological polar surface area (TPSA) is 78.9 Å². The molecule has 6 nitrogen and oxygen atoms in total. The molecule has 6 heteroatoms. The molecule has 21 heavy (non-hydrogen) atoms. The largest absolute Gasteiger partial charge is 0.497 e. The van der Waals surface area contributed by atoms with E-state index < -0.39 is 17.5 Å². The lowest BCUT2D eigenvalue weighted by Gasteiger charge is -2.27. The van der Waals surface area contributed by atoms with Crippen molar-refractivity contribution in [1.29, 1.82) is 0 Å². The van der Waals surface area contributed by atoms with Crippen LogP contribution in [0.5, 0.6) is 5.75 Å². The second-order valence-corrected chi connectivity index (χ2v) is 5.78. The number of carboxylic acid groups (broad SMARTS) is 1. The molecule has 0 aliphatic heterocycles. The summed E-state index contributed by atoms with van der Waals surface area (Å²) in [4.78, 5) is 24.4. The van der Waals surface area contributed by atoms with Crippen molar-refractivity contribution in [2.45, 2.75) is 32.9 Å². The Bertz CT molecular complexity index is 509. The summed E-state index contributed by atoms with van der Waals surface area (Å²) in [6.45, 7) is 5.37. The van der Waals surface area contributed by atoms with Crippen molar-refractivity contribution in [2.75, 3.05) is 13.7 Å². The fourth-order valence-corrected chi connectivity index (χ4v) is 1.75. The van der Waals surface area contributed by atoms with Crippen LogP contribution in [0.3, 0.4) is 0 Å². The summed E-state index contributed by atoms with van der Waals surface area (Å²) in [7, 11) is 1.56. The highest BCUT2D eigenvalue weighted by Crippen LogP contribution is 2.14. The van der Waals surface area contributed by atoms with E-state index in [0.717, 1.165) is 5.56 Å². The van der Waals surface area contributed by atoms with Crippen molar-refractivity contribution >= 4 is 12.0 Å². The van der Waals surface area contributed by atoms with Crippen LogP contribution in [0.2, 0.25) is 0 Å². The van der Waals surface area contributed by atoms with Crippen LogP contribution >= 0.6 is 0 Å². The second-order valence-electron chi connectivity index (χ2n) is 5.78. The molecule has 0 aliphatic carbocycles. The van der Waals surface area contributed by atoms with Gasteiger partial charge in [-0.15, -0.1) is 0 Å². The first-order valence-electron chi connectivity index (χ1n) is 6.63. The molecule has 1 aromatic rings. The van der Waals surface area contributed by atoms with Crippen LogP contribution in [0, 0.1) is 0 Å². The standard InChI is InChI=1S/C15H22N2O4/c1-15(2,3)16-14(20)17(10-13(18)19)9-11-6-5-7-12(8-11)21-4/h5-8H,9-10H2,1-4H3,(H,16,20)(H,18,19). The summed E-state index contributed by atoms with van der Waals surface area (Å²) in [5.74, 6) is -0.388. The Morgan fingerprint density at radius 3 is 2.52 bits per heavy atom. The minimum atomic E-state index is -1.05. The molecule has 0 saturated heterocycles. The van der Waals surface area contributed by atoms with E-state index in [0.29, 0.717) is 5.75 Å². The Balaban J connectivity index is 2.86. The molecule has 2 N–H and O–H groups in total. The van der Waals surface area contributed by atoms with Crippen LogP contribution in [-0.4, -0.2) is 41.2 Å². The van der Waals surface area contributed by atoms with Gasteiger partial charge in [-0.05, 0) is 38.5 Å². The van der Waals surface area contributed by atoms with Crippen LogP contribution in [0.1, 0.15) is 26.3 Å². The molecule has 0 spiro atoms. The average Bonchev–Trinajstić information content (AvgIpc) is 2.35. The molecule has 0 saturated carbocycles. The average molecular weight is 294 g/mol. The number of urea groups is 1. The van der Waals surface area contributed by atoms with E-state index >= 15 is 0 Å². The van der Waals surface area contributed by atoms with Crippen molar-refractivity contribution in [3.8, 4) is 5.75 Å². The lowest BCUT2D eigenvalue weighted by atomic mass is 10.1. The van der Waals surface area contributed by atoms with E-state index in [-0.39, 0.29) is 13.1 Å². The van der Waals surface area contributed by atoms with Gasteiger partial charge in [-0.3, -0.25) is 4.79 Å². The highest BCUT2D eigenvalue weighted by Gasteiger charge is 2.21. The number of nitrogens with one attached hydrogen (secondary N) is 1. The smallest absolute Gasteiger partial charge is 0.323 e. The molecule has 0 heterocycles. The Morgan fingerprint density at radius 2 is 2.00 bits per heavy atom. The van der Waals surface area contributed by atoms with Gasteiger partial charge in [0.2, 0.25) is 0 Å². The SMILES string of the molecule is COc1cccc(CN(CC(=O)O)C(=O)NC(C)(C)C)c1.